The Kier molecular flexibility index (Phi) is 6.27. The van der Waals surface area contributed by atoms with E-state index in [1.807, 2.05) is 0 Å². The Labute approximate surface area is 152 Å². The second kappa shape index (κ2) is 8.43. The molecule has 0 bridgehead atoms. The first kappa shape index (κ1) is 20.1. The van der Waals surface area contributed by atoms with E-state index in [0.717, 1.165) is 12.1 Å². The van der Waals surface area contributed by atoms with Gasteiger partial charge in [-0.15, -0.1) is 0 Å². The molecule has 0 aliphatic carbocycles. The zero-order chi connectivity index (χ0) is 20.0. The van der Waals surface area contributed by atoms with Gasteiger partial charge in [0.25, 0.3) is 5.91 Å². The number of halogens is 3. The van der Waals surface area contributed by atoms with Crippen LogP contribution in [0.25, 0.3) is 0 Å². The van der Waals surface area contributed by atoms with Gasteiger partial charge in [-0.3, -0.25) is 4.79 Å². The third-order valence-electron chi connectivity index (χ3n) is 3.44. The van der Waals surface area contributed by atoms with Crippen LogP contribution in [0.1, 0.15) is 15.9 Å². The molecule has 0 aromatic heterocycles. The van der Waals surface area contributed by atoms with Crippen LogP contribution >= 0.6 is 0 Å². The van der Waals surface area contributed by atoms with Crippen molar-refractivity contribution in [3.8, 4) is 11.5 Å². The molecule has 2 aromatic rings. The molecule has 27 heavy (non-hydrogen) atoms. The zero-order valence-corrected chi connectivity index (χ0v) is 14.4. The third kappa shape index (κ3) is 5.37. The van der Waals surface area contributed by atoms with Gasteiger partial charge in [0.2, 0.25) is 0 Å². The summed E-state index contributed by atoms with van der Waals surface area (Å²) in [6.07, 6.45) is -4.58. The van der Waals surface area contributed by atoms with Crippen molar-refractivity contribution in [1.29, 1.82) is 0 Å². The number of hydrogen-bond donors (Lipinski definition) is 1. The highest BCUT2D eigenvalue weighted by molar-refractivity contribution is 5.96. The number of ether oxygens (including phenoxy) is 3. The lowest BCUT2D eigenvalue weighted by Crippen LogP contribution is -2.21. The van der Waals surface area contributed by atoms with E-state index in [9.17, 15) is 22.8 Å². The van der Waals surface area contributed by atoms with Gasteiger partial charge in [0.15, 0.2) is 6.61 Å². The van der Waals surface area contributed by atoms with Gasteiger partial charge >= 0.3 is 12.1 Å². The second-order valence-corrected chi connectivity index (χ2v) is 5.27. The predicted octanol–water partition coefficient (Wildman–Crippen LogP) is 3.52. The van der Waals surface area contributed by atoms with Crippen molar-refractivity contribution in [2.24, 2.45) is 0 Å². The van der Waals surface area contributed by atoms with Crippen LogP contribution in [0.5, 0.6) is 11.5 Å². The zero-order valence-electron chi connectivity index (χ0n) is 14.4. The molecular weight excluding hydrogens is 367 g/mol. The van der Waals surface area contributed by atoms with Gasteiger partial charge in [-0.1, -0.05) is 6.07 Å². The molecule has 0 heterocycles. The fourth-order valence-corrected chi connectivity index (χ4v) is 2.12. The van der Waals surface area contributed by atoms with Crippen LogP contribution < -0.4 is 14.8 Å². The maximum Gasteiger partial charge on any atom is 0.416 e. The summed E-state index contributed by atoms with van der Waals surface area (Å²) in [5, 5.41) is 2.48. The molecule has 0 unspecified atom stereocenters. The number of esters is 1. The van der Waals surface area contributed by atoms with Gasteiger partial charge in [-0.25, -0.2) is 4.79 Å². The summed E-state index contributed by atoms with van der Waals surface area (Å²) in [5.41, 5.74) is -0.970. The number of nitrogens with one attached hydrogen (secondary N) is 1. The number of carbonyl (C=O) groups excluding carboxylic acids is 2. The Balaban J connectivity index is 1.99. The molecule has 1 amide bonds. The molecule has 0 atom stereocenters. The van der Waals surface area contributed by atoms with E-state index in [4.69, 9.17) is 14.2 Å². The van der Waals surface area contributed by atoms with Crippen LogP contribution in [-0.2, 0) is 15.7 Å². The van der Waals surface area contributed by atoms with Crippen molar-refractivity contribution in [3.63, 3.8) is 0 Å². The summed E-state index contributed by atoms with van der Waals surface area (Å²) < 4.78 is 52.9. The number of benzene rings is 2. The number of methoxy groups -OCH3 is 2. The molecule has 9 heteroatoms. The summed E-state index contributed by atoms with van der Waals surface area (Å²) in [4.78, 5) is 23.8. The highest BCUT2D eigenvalue weighted by Crippen LogP contribution is 2.30. The molecule has 2 aromatic carbocycles. The number of anilines is 1. The van der Waals surface area contributed by atoms with Crippen LogP contribution in [0, 0.1) is 0 Å². The first-order chi connectivity index (χ1) is 12.7. The number of amides is 1. The highest BCUT2D eigenvalue weighted by Gasteiger charge is 2.31. The standard InChI is InChI=1S/C18H16F3NO5/c1-25-13-6-7-14(15(9-13)26-2)22-16(23)10-27-17(24)11-4-3-5-12(8-11)18(19,20)21/h3-9H,10H2,1-2H3,(H,22,23). The van der Waals surface area contributed by atoms with Crippen molar-refractivity contribution in [3.05, 3.63) is 53.6 Å². The summed E-state index contributed by atoms with van der Waals surface area (Å²) >= 11 is 0. The topological polar surface area (TPSA) is 73.9 Å². The van der Waals surface area contributed by atoms with Gasteiger partial charge in [0.05, 0.1) is 31.0 Å². The van der Waals surface area contributed by atoms with Crippen LogP contribution in [0.2, 0.25) is 0 Å². The van der Waals surface area contributed by atoms with Crippen molar-refractivity contribution in [1.82, 2.24) is 0 Å². The van der Waals surface area contributed by atoms with E-state index in [1.165, 1.54) is 26.4 Å². The van der Waals surface area contributed by atoms with E-state index in [-0.39, 0.29) is 5.56 Å². The molecule has 0 saturated heterocycles. The van der Waals surface area contributed by atoms with Gasteiger partial charge in [0.1, 0.15) is 11.5 Å². The van der Waals surface area contributed by atoms with Crippen LogP contribution in [0.3, 0.4) is 0 Å². The van der Waals surface area contributed by atoms with E-state index < -0.39 is 30.2 Å². The molecule has 6 nitrogen and oxygen atoms in total. The Morgan fingerprint density at radius 1 is 1.04 bits per heavy atom. The summed E-state index contributed by atoms with van der Waals surface area (Å²) in [7, 11) is 2.87. The Morgan fingerprint density at radius 2 is 1.78 bits per heavy atom. The molecule has 0 aliphatic rings. The van der Waals surface area contributed by atoms with Crippen molar-refractivity contribution in [2.75, 3.05) is 26.1 Å². The second-order valence-electron chi connectivity index (χ2n) is 5.27. The first-order valence-electron chi connectivity index (χ1n) is 7.61. The van der Waals surface area contributed by atoms with Crippen molar-refractivity contribution >= 4 is 17.6 Å². The maximum absolute atomic E-state index is 12.7. The molecule has 0 aliphatic heterocycles. The van der Waals surface area contributed by atoms with Gasteiger partial charge in [-0.05, 0) is 30.3 Å². The number of hydrogen-bond acceptors (Lipinski definition) is 5. The van der Waals surface area contributed by atoms with Gasteiger partial charge < -0.3 is 19.5 Å². The smallest absolute Gasteiger partial charge is 0.416 e. The van der Waals surface area contributed by atoms with Crippen LogP contribution in [0.4, 0.5) is 18.9 Å². The van der Waals surface area contributed by atoms with E-state index >= 15 is 0 Å². The number of rotatable bonds is 6. The molecule has 0 saturated carbocycles. The average molecular weight is 383 g/mol. The minimum Gasteiger partial charge on any atom is -0.497 e. The molecular formula is C18H16F3NO5. The largest absolute Gasteiger partial charge is 0.497 e. The number of carbonyl (C=O) groups is 2. The Morgan fingerprint density at radius 3 is 2.41 bits per heavy atom. The summed E-state index contributed by atoms with van der Waals surface area (Å²) in [6, 6.07) is 8.41. The lowest BCUT2D eigenvalue weighted by Gasteiger charge is -2.12. The van der Waals surface area contributed by atoms with Crippen molar-refractivity contribution < 1.29 is 37.0 Å². The Hall–Kier alpha value is -3.23. The SMILES string of the molecule is COc1ccc(NC(=O)COC(=O)c2cccc(C(F)(F)F)c2)c(OC)c1. The van der Waals surface area contributed by atoms with Crippen LogP contribution in [0.15, 0.2) is 42.5 Å². The molecule has 144 valence electrons. The summed E-state index contributed by atoms with van der Waals surface area (Å²) in [5.74, 6) is -0.885. The maximum atomic E-state index is 12.7. The normalized spacial score (nSPS) is 10.9. The molecule has 1 N–H and O–H groups in total. The fraction of sp³-hybridized carbons (Fsp3) is 0.222. The summed E-state index contributed by atoms with van der Waals surface area (Å²) in [6.45, 7) is -0.676. The lowest BCUT2D eigenvalue weighted by atomic mass is 10.1. The quantitative estimate of drug-likeness (QED) is 0.773. The van der Waals surface area contributed by atoms with Crippen LogP contribution in [-0.4, -0.2) is 32.7 Å². The van der Waals surface area contributed by atoms with E-state index in [0.29, 0.717) is 23.3 Å². The first-order valence-corrected chi connectivity index (χ1v) is 7.61. The third-order valence-corrected chi connectivity index (χ3v) is 3.44. The minimum atomic E-state index is -4.58. The van der Waals surface area contributed by atoms with E-state index in [1.54, 1.807) is 12.1 Å². The Bertz CT molecular complexity index is 836. The fourth-order valence-electron chi connectivity index (χ4n) is 2.12. The van der Waals surface area contributed by atoms with E-state index in [2.05, 4.69) is 5.32 Å². The molecule has 0 fully saturated rings. The minimum absolute atomic E-state index is 0.306. The molecule has 2 rings (SSSR count). The molecule has 0 spiro atoms. The molecule has 0 radical (unpaired) electrons. The van der Waals surface area contributed by atoms with Crippen molar-refractivity contribution in [2.45, 2.75) is 6.18 Å². The monoisotopic (exact) mass is 383 g/mol. The van der Waals surface area contributed by atoms with Gasteiger partial charge in [0, 0.05) is 6.07 Å². The predicted molar refractivity (Wildman–Crippen MR) is 89.9 cm³/mol. The average Bonchev–Trinajstić information content (AvgIpc) is 2.65. The lowest BCUT2D eigenvalue weighted by molar-refractivity contribution is -0.137. The number of alkyl halides is 3. The van der Waals surface area contributed by atoms with Gasteiger partial charge in [-0.2, -0.15) is 13.2 Å². The highest BCUT2D eigenvalue weighted by atomic mass is 19.4.